The summed E-state index contributed by atoms with van der Waals surface area (Å²) in [6, 6.07) is 9.52. The Morgan fingerprint density at radius 3 is 2.75 bits per heavy atom. The van der Waals surface area contributed by atoms with Crippen LogP contribution in [-0.4, -0.2) is 48.1 Å². The molecule has 6 heteroatoms. The Balaban J connectivity index is 1.51. The summed E-state index contributed by atoms with van der Waals surface area (Å²) in [4.78, 5) is 2.24. The zero-order valence-electron chi connectivity index (χ0n) is 14.1. The second-order valence-corrected chi connectivity index (χ2v) is 6.16. The number of aliphatic hydroxyl groups is 1. The molecule has 0 spiro atoms. The van der Waals surface area contributed by atoms with Crippen molar-refractivity contribution >= 4 is 0 Å². The monoisotopic (exact) mass is 332 g/mol. The van der Waals surface area contributed by atoms with Gasteiger partial charge in [-0.2, -0.15) is 0 Å². The molecule has 2 aromatic rings. The van der Waals surface area contributed by atoms with E-state index in [1.807, 2.05) is 37.3 Å². The molecule has 3 rings (SSSR count). The highest BCUT2D eigenvalue weighted by atomic mass is 16.5. The number of methoxy groups -OCH3 is 1. The van der Waals surface area contributed by atoms with Crippen molar-refractivity contribution in [3.05, 3.63) is 41.8 Å². The van der Waals surface area contributed by atoms with Crippen molar-refractivity contribution in [2.75, 3.05) is 26.8 Å². The van der Waals surface area contributed by atoms with E-state index in [0.29, 0.717) is 6.54 Å². The van der Waals surface area contributed by atoms with Gasteiger partial charge in [0.1, 0.15) is 24.2 Å². The third kappa shape index (κ3) is 4.07. The molecule has 0 bridgehead atoms. The maximum Gasteiger partial charge on any atom is 0.154 e. The third-order valence-electron chi connectivity index (χ3n) is 4.29. The van der Waals surface area contributed by atoms with E-state index < -0.39 is 6.10 Å². The van der Waals surface area contributed by atoms with E-state index in [1.54, 1.807) is 7.11 Å². The normalized spacial score (nSPS) is 19.4. The zero-order valence-corrected chi connectivity index (χ0v) is 14.1. The van der Waals surface area contributed by atoms with Crippen LogP contribution in [0, 0.1) is 6.92 Å². The van der Waals surface area contributed by atoms with E-state index in [0.717, 1.165) is 42.3 Å². The molecule has 2 heterocycles. The van der Waals surface area contributed by atoms with Crippen LogP contribution in [0.5, 0.6) is 11.5 Å². The zero-order chi connectivity index (χ0) is 16.9. The largest absolute Gasteiger partial charge is 0.497 e. The molecule has 6 nitrogen and oxygen atoms in total. The minimum atomic E-state index is -0.559. The Morgan fingerprint density at radius 1 is 1.33 bits per heavy atom. The van der Waals surface area contributed by atoms with E-state index in [4.69, 9.17) is 14.0 Å². The van der Waals surface area contributed by atoms with Gasteiger partial charge >= 0.3 is 0 Å². The third-order valence-corrected chi connectivity index (χ3v) is 4.29. The van der Waals surface area contributed by atoms with Crippen LogP contribution in [0.3, 0.4) is 0 Å². The minimum Gasteiger partial charge on any atom is -0.497 e. The van der Waals surface area contributed by atoms with Gasteiger partial charge in [0.2, 0.25) is 0 Å². The van der Waals surface area contributed by atoms with E-state index in [-0.39, 0.29) is 12.6 Å². The first kappa shape index (κ1) is 16.8. The van der Waals surface area contributed by atoms with E-state index in [2.05, 4.69) is 10.1 Å². The fraction of sp³-hybridized carbons (Fsp3) is 0.500. The quantitative estimate of drug-likeness (QED) is 0.840. The lowest BCUT2D eigenvalue weighted by atomic mass is 10.1. The highest BCUT2D eigenvalue weighted by Gasteiger charge is 2.30. The maximum absolute atomic E-state index is 10.3. The smallest absolute Gasteiger partial charge is 0.154 e. The van der Waals surface area contributed by atoms with E-state index in [9.17, 15) is 5.11 Å². The molecule has 1 saturated heterocycles. The van der Waals surface area contributed by atoms with Crippen molar-refractivity contribution in [1.29, 1.82) is 0 Å². The lowest BCUT2D eigenvalue weighted by molar-refractivity contribution is 0.0598. The number of aromatic nitrogens is 1. The number of rotatable bonds is 7. The van der Waals surface area contributed by atoms with Crippen LogP contribution in [0.25, 0.3) is 0 Å². The highest BCUT2D eigenvalue weighted by molar-refractivity contribution is 5.31. The number of hydrogen-bond acceptors (Lipinski definition) is 6. The van der Waals surface area contributed by atoms with Gasteiger partial charge in [0.15, 0.2) is 5.76 Å². The fourth-order valence-electron chi connectivity index (χ4n) is 3.09. The van der Waals surface area contributed by atoms with Crippen LogP contribution in [0.1, 0.15) is 30.3 Å². The predicted octanol–water partition coefficient (Wildman–Crippen LogP) is 2.57. The Bertz CT molecular complexity index is 641. The van der Waals surface area contributed by atoms with Gasteiger partial charge in [-0.25, -0.2) is 0 Å². The molecule has 0 radical (unpaired) electrons. The summed E-state index contributed by atoms with van der Waals surface area (Å²) < 4.78 is 16.2. The summed E-state index contributed by atoms with van der Waals surface area (Å²) in [5.74, 6) is 2.39. The van der Waals surface area contributed by atoms with Crippen molar-refractivity contribution in [2.45, 2.75) is 31.9 Å². The molecule has 1 fully saturated rings. The number of hydrogen-bond donors (Lipinski definition) is 1. The molecule has 1 aromatic heterocycles. The molecule has 2 unspecified atom stereocenters. The highest BCUT2D eigenvalue weighted by Crippen LogP contribution is 2.32. The topological polar surface area (TPSA) is 68.0 Å². The molecule has 0 amide bonds. The Morgan fingerprint density at radius 2 is 2.08 bits per heavy atom. The molecule has 24 heavy (non-hydrogen) atoms. The number of aliphatic hydroxyl groups excluding tert-OH is 1. The SMILES string of the molecule is COc1ccc(OCC(O)CN2CCCC2c2cc(C)no2)cc1. The summed E-state index contributed by atoms with van der Waals surface area (Å²) in [5.41, 5.74) is 0.889. The molecule has 0 saturated carbocycles. The van der Waals surface area contributed by atoms with Crippen molar-refractivity contribution < 1.29 is 19.1 Å². The first-order valence-corrected chi connectivity index (χ1v) is 8.28. The van der Waals surface area contributed by atoms with Gasteiger partial charge in [0.05, 0.1) is 18.8 Å². The number of likely N-dealkylation sites (tertiary alicyclic amines) is 1. The van der Waals surface area contributed by atoms with Crippen LogP contribution in [0.15, 0.2) is 34.9 Å². The average Bonchev–Trinajstić information content (AvgIpc) is 3.22. The van der Waals surface area contributed by atoms with Crippen LogP contribution in [0.2, 0.25) is 0 Å². The maximum atomic E-state index is 10.3. The first-order chi connectivity index (χ1) is 11.7. The lowest BCUT2D eigenvalue weighted by Gasteiger charge is -2.25. The number of β-amino-alcohol motifs (C(OH)–C–C–N with tert-alkyl or cyclic N) is 1. The number of ether oxygens (including phenoxy) is 2. The standard InChI is InChI=1S/C18H24N2O4/c1-13-10-18(24-19-13)17-4-3-9-20(17)11-14(21)12-23-16-7-5-15(22-2)6-8-16/h5-8,10,14,17,21H,3-4,9,11-12H2,1-2H3. The van der Waals surface area contributed by atoms with Gasteiger partial charge in [-0.05, 0) is 50.6 Å². The molecule has 1 aromatic carbocycles. The Hall–Kier alpha value is -2.05. The van der Waals surface area contributed by atoms with Crippen molar-refractivity contribution in [1.82, 2.24) is 10.1 Å². The fourth-order valence-corrected chi connectivity index (χ4v) is 3.09. The number of benzene rings is 1. The van der Waals surface area contributed by atoms with Crippen molar-refractivity contribution in [2.24, 2.45) is 0 Å². The molecule has 130 valence electrons. The molecule has 1 aliphatic heterocycles. The predicted molar refractivity (Wildman–Crippen MR) is 89.3 cm³/mol. The molecule has 2 atom stereocenters. The molecular formula is C18H24N2O4. The Labute approximate surface area is 142 Å². The van der Waals surface area contributed by atoms with Crippen LogP contribution in [-0.2, 0) is 0 Å². The van der Waals surface area contributed by atoms with Gasteiger partial charge in [0.25, 0.3) is 0 Å². The average molecular weight is 332 g/mol. The van der Waals surface area contributed by atoms with Crippen molar-refractivity contribution in [3.63, 3.8) is 0 Å². The van der Waals surface area contributed by atoms with Gasteiger partial charge < -0.3 is 19.1 Å². The van der Waals surface area contributed by atoms with E-state index >= 15 is 0 Å². The summed E-state index contributed by atoms with van der Waals surface area (Å²) >= 11 is 0. The van der Waals surface area contributed by atoms with Gasteiger partial charge in [-0.15, -0.1) is 0 Å². The summed E-state index contributed by atoms with van der Waals surface area (Å²) in [5, 5.41) is 14.3. The second-order valence-electron chi connectivity index (χ2n) is 6.16. The molecule has 0 aliphatic carbocycles. The second kappa shape index (κ2) is 7.68. The van der Waals surface area contributed by atoms with E-state index in [1.165, 1.54) is 0 Å². The molecule has 1 N–H and O–H groups in total. The number of nitrogens with zero attached hydrogens (tertiary/aromatic N) is 2. The van der Waals surface area contributed by atoms with Gasteiger partial charge in [0, 0.05) is 12.6 Å². The molecular weight excluding hydrogens is 308 g/mol. The van der Waals surface area contributed by atoms with Crippen LogP contribution >= 0.6 is 0 Å². The van der Waals surface area contributed by atoms with Crippen LogP contribution < -0.4 is 9.47 Å². The van der Waals surface area contributed by atoms with Crippen LogP contribution in [0.4, 0.5) is 0 Å². The Kier molecular flexibility index (Phi) is 5.37. The first-order valence-electron chi connectivity index (χ1n) is 8.28. The van der Waals surface area contributed by atoms with Gasteiger partial charge in [-0.1, -0.05) is 5.16 Å². The van der Waals surface area contributed by atoms with Crippen molar-refractivity contribution in [3.8, 4) is 11.5 Å². The van der Waals surface area contributed by atoms with Gasteiger partial charge in [-0.3, -0.25) is 4.90 Å². The minimum absolute atomic E-state index is 0.196. The number of aryl methyl sites for hydroxylation is 1. The summed E-state index contributed by atoms with van der Waals surface area (Å²) in [6.07, 6.45) is 1.56. The lowest BCUT2D eigenvalue weighted by Crippen LogP contribution is -2.35. The summed E-state index contributed by atoms with van der Waals surface area (Å²) in [6.45, 7) is 3.68. The molecule has 1 aliphatic rings. The summed E-state index contributed by atoms with van der Waals surface area (Å²) in [7, 11) is 1.63.